The van der Waals surface area contributed by atoms with Crippen LogP contribution in [-0.2, 0) is 10.0 Å². The lowest BCUT2D eigenvalue weighted by atomic mass is 9.70. The molecule has 0 spiro atoms. The van der Waals surface area contributed by atoms with Gasteiger partial charge >= 0.3 is 0 Å². The molecule has 0 radical (unpaired) electrons. The molecule has 0 aromatic heterocycles. The maximum atomic E-state index is 10.8. The van der Waals surface area contributed by atoms with Crippen LogP contribution in [0.1, 0.15) is 40.0 Å². The Bertz CT molecular complexity index is 325. The molecular weight excluding hydrogens is 224 g/mol. The van der Waals surface area contributed by atoms with Crippen molar-refractivity contribution in [2.45, 2.75) is 46.1 Å². The number of primary sulfonamides is 1. The van der Waals surface area contributed by atoms with E-state index in [2.05, 4.69) is 26.1 Å². The molecule has 1 rings (SSSR count). The number of hydrogen-bond donors (Lipinski definition) is 2. The summed E-state index contributed by atoms with van der Waals surface area (Å²) in [4.78, 5) is 0. The van der Waals surface area contributed by atoms with Gasteiger partial charge in [0.15, 0.2) is 0 Å². The highest BCUT2D eigenvalue weighted by molar-refractivity contribution is 7.89. The van der Waals surface area contributed by atoms with E-state index >= 15 is 0 Å². The van der Waals surface area contributed by atoms with Crippen molar-refractivity contribution < 1.29 is 8.42 Å². The summed E-state index contributed by atoms with van der Waals surface area (Å²) in [5.74, 6) is 0.730. The maximum Gasteiger partial charge on any atom is 0.210 e. The van der Waals surface area contributed by atoms with Gasteiger partial charge in [-0.25, -0.2) is 13.6 Å². The van der Waals surface area contributed by atoms with Gasteiger partial charge in [0.2, 0.25) is 10.0 Å². The fraction of sp³-hybridized carbons (Fsp3) is 1.00. The maximum absolute atomic E-state index is 10.8. The Labute approximate surface area is 99.0 Å². The Morgan fingerprint density at radius 1 is 1.38 bits per heavy atom. The predicted octanol–water partition coefficient (Wildman–Crippen LogP) is 1.08. The molecule has 0 aromatic carbocycles. The van der Waals surface area contributed by atoms with Crippen LogP contribution in [0, 0.1) is 11.3 Å². The van der Waals surface area contributed by atoms with Crippen LogP contribution in [0.3, 0.4) is 0 Å². The van der Waals surface area contributed by atoms with Gasteiger partial charge in [0.1, 0.15) is 0 Å². The molecule has 0 heterocycles. The van der Waals surface area contributed by atoms with E-state index in [0.717, 1.165) is 12.8 Å². The second-order valence-electron chi connectivity index (χ2n) is 5.93. The topological polar surface area (TPSA) is 72.2 Å². The number of sulfonamides is 1. The highest BCUT2D eigenvalue weighted by Crippen LogP contribution is 2.38. The number of nitrogens with one attached hydrogen (secondary N) is 1. The monoisotopic (exact) mass is 248 g/mol. The van der Waals surface area contributed by atoms with E-state index in [4.69, 9.17) is 5.14 Å². The van der Waals surface area contributed by atoms with E-state index in [0.29, 0.717) is 23.9 Å². The summed E-state index contributed by atoms with van der Waals surface area (Å²) in [6.45, 7) is 7.27. The SMILES string of the molecule is CC1CC(NCCS(N)(=O)=O)CC(C)(C)C1. The van der Waals surface area contributed by atoms with Crippen molar-refractivity contribution in [1.82, 2.24) is 5.32 Å². The van der Waals surface area contributed by atoms with Gasteiger partial charge < -0.3 is 5.32 Å². The van der Waals surface area contributed by atoms with E-state index in [9.17, 15) is 8.42 Å². The zero-order chi connectivity index (χ0) is 12.4. The summed E-state index contributed by atoms with van der Waals surface area (Å²) in [5.41, 5.74) is 0.358. The minimum Gasteiger partial charge on any atom is -0.313 e. The molecule has 1 aliphatic carbocycles. The van der Waals surface area contributed by atoms with Gasteiger partial charge in [-0.05, 0) is 30.6 Å². The van der Waals surface area contributed by atoms with Crippen LogP contribution in [0.5, 0.6) is 0 Å². The zero-order valence-electron chi connectivity index (χ0n) is 10.5. The molecule has 2 atom stereocenters. The fourth-order valence-corrected chi connectivity index (χ4v) is 3.31. The van der Waals surface area contributed by atoms with Crippen molar-refractivity contribution in [2.75, 3.05) is 12.3 Å². The van der Waals surface area contributed by atoms with Crippen molar-refractivity contribution in [2.24, 2.45) is 16.5 Å². The van der Waals surface area contributed by atoms with Crippen LogP contribution in [0.4, 0.5) is 0 Å². The first-order chi connectivity index (χ1) is 7.18. The average molecular weight is 248 g/mol. The van der Waals surface area contributed by atoms with Gasteiger partial charge in [0.05, 0.1) is 5.75 Å². The summed E-state index contributed by atoms with van der Waals surface area (Å²) in [6.07, 6.45) is 3.50. The van der Waals surface area contributed by atoms with Crippen LogP contribution in [0.25, 0.3) is 0 Å². The summed E-state index contributed by atoms with van der Waals surface area (Å²) in [5, 5.41) is 8.27. The Balaban J connectivity index is 2.37. The van der Waals surface area contributed by atoms with Crippen molar-refractivity contribution >= 4 is 10.0 Å². The first-order valence-corrected chi connectivity index (χ1v) is 7.63. The molecule has 0 amide bonds. The van der Waals surface area contributed by atoms with Crippen LogP contribution in [-0.4, -0.2) is 26.8 Å². The number of hydrogen-bond acceptors (Lipinski definition) is 3. The number of rotatable bonds is 4. The van der Waals surface area contributed by atoms with Crippen molar-refractivity contribution in [3.05, 3.63) is 0 Å². The van der Waals surface area contributed by atoms with Crippen LogP contribution >= 0.6 is 0 Å². The number of nitrogens with two attached hydrogens (primary N) is 1. The molecule has 0 aliphatic heterocycles. The van der Waals surface area contributed by atoms with E-state index in [-0.39, 0.29) is 5.75 Å². The molecule has 0 saturated heterocycles. The summed E-state index contributed by atoms with van der Waals surface area (Å²) in [6, 6.07) is 0.431. The van der Waals surface area contributed by atoms with Gasteiger partial charge in [0, 0.05) is 12.6 Å². The smallest absolute Gasteiger partial charge is 0.210 e. The highest BCUT2D eigenvalue weighted by Gasteiger charge is 2.31. The normalized spacial score (nSPS) is 30.2. The molecule has 16 heavy (non-hydrogen) atoms. The van der Waals surface area contributed by atoms with Crippen LogP contribution in [0.15, 0.2) is 0 Å². The molecule has 4 nitrogen and oxygen atoms in total. The standard InChI is InChI=1S/C11H24N2O2S/c1-9-6-10(8-11(2,3)7-9)13-4-5-16(12,14)15/h9-10,13H,4-8H2,1-3H3,(H2,12,14,15). The molecule has 0 bridgehead atoms. The lowest BCUT2D eigenvalue weighted by molar-refractivity contribution is 0.153. The third kappa shape index (κ3) is 5.27. The minimum absolute atomic E-state index is 0.0261. The first-order valence-electron chi connectivity index (χ1n) is 5.92. The largest absolute Gasteiger partial charge is 0.313 e. The quantitative estimate of drug-likeness (QED) is 0.782. The van der Waals surface area contributed by atoms with Crippen molar-refractivity contribution in [3.63, 3.8) is 0 Å². The molecule has 3 N–H and O–H groups in total. The molecule has 5 heteroatoms. The molecule has 0 aromatic rings. The molecule has 1 aliphatic rings. The fourth-order valence-electron chi connectivity index (χ4n) is 2.91. The van der Waals surface area contributed by atoms with Gasteiger partial charge in [-0.15, -0.1) is 0 Å². The molecule has 2 unspecified atom stereocenters. The Kier molecular flexibility index (Phi) is 4.37. The summed E-state index contributed by atoms with van der Waals surface area (Å²) >= 11 is 0. The van der Waals surface area contributed by atoms with E-state index in [1.165, 1.54) is 6.42 Å². The van der Waals surface area contributed by atoms with Crippen LogP contribution in [0.2, 0.25) is 0 Å². The highest BCUT2D eigenvalue weighted by atomic mass is 32.2. The minimum atomic E-state index is -3.33. The third-order valence-corrected chi connectivity index (χ3v) is 3.98. The van der Waals surface area contributed by atoms with Gasteiger partial charge in [-0.3, -0.25) is 0 Å². The van der Waals surface area contributed by atoms with Gasteiger partial charge in [-0.2, -0.15) is 0 Å². The lowest BCUT2D eigenvalue weighted by Crippen LogP contribution is -2.42. The first kappa shape index (κ1) is 13.9. The molecular formula is C11H24N2O2S. The van der Waals surface area contributed by atoms with Crippen molar-refractivity contribution in [1.29, 1.82) is 0 Å². The second-order valence-corrected chi connectivity index (χ2v) is 7.67. The summed E-state index contributed by atoms with van der Waals surface area (Å²) in [7, 11) is -3.33. The Morgan fingerprint density at radius 2 is 2.00 bits per heavy atom. The Morgan fingerprint density at radius 3 is 2.50 bits per heavy atom. The van der Waals surface area contributed by atoms with Gasteiger partial charge in [-0.1, -0.05) is 20.8 Å². The second kappa shape index (κ2) is 5.02. The van der Waals surface area contributed by atoms with E-state index in [1.54, 1.807) is 0 Å². The third-order valence-electron chi connectivity index (χ3n) is 3.21. The average Bonchev–Trinajstić information content (AvgIpc) is 1.96. The zero-order valence-corrected chi connectivity index (χ0v) is 11.3. The molecule has 1 fully saturated rings. The van der Waals surface area contributed by atoms with Gasteiger partial charge in [0.25, 0.3) is 0 Å². The van der Waals surface area contributed by atoms with E-state index < -0.39 is 10.0 Å². The van der Waals surface area contributed by atoms with Crippen molar-refractivity contribution in [3.8, 4) is 0 Å². The molecule has 1 saturated carbocycles. The van der Waals surface area contributed by atoms with Crippen LogP contribution < -0.4 is 10.5 Å². The van der Waals surface area contributed by atoms with E-state index in [1.807, 2.05) is 0 Å². The lowest BCUT2D eigenvalue weighted by Gasteiger charge is -2.39. The Hall–Kier alpha value is -0.130. The summed E-state index contributed by atoms with van der Waals surface area (Å²) < 4.78 is 21.6. The predicted molar refractivity (Wildman–Crippen MR) is 66.6 cm³/mol. The molecule has 96 valence electrons.